The van der Waals surface area contributed by atoms with Crippen molar-refractivity contribution >= 4 is 73.3 Å². The molecule has 0 fully saturated rings. The van der Waals surface area contributed by atoms with E-state index in [-0.39, 0.29) is 27.5 Å². The maximum Gasteiger partial charge on any atom is 0.416 e. The van der Waals surface area contributed by atoms with Gasteiger partial charge in [-0.25, -0.2) is 0 Å². The van der Waals surface area contributed by atoms with E-state index in [1.54, 1.807) is 24.3 Å². The zero-order chi connectivity index (χ0) is 22.6. The molecule has 0 spiro atoms. The van der Waals surface area contributed by atoms with E-state index in [0.29, 0.717) is 9.90 Å². The molecule has 0 saturated carbocycles. The van der Waals surface area contributed by atoms with Crippen LogP contribution in [0.4, 0.5) is 24.0 Å². The van der Waals surface area contributed by atoms with Gasteiger partial charge in [-0.15, -0.1) is 10.2 Å². The molecule has 162 valence electrons. The summed E-state index contributed by atoms with van der Waals surface area (Å²) >= 11 is 11.2. The van der Waals surface area contributed by atoms with E-state index in [2.05, 4.69) is 36.8 Å². The van der Waals surface area contributed by atoms with Crippen molar-refractivity contribution in [2.45, 2.75) is 10.5 Å². The van der Waals surface area contributed by atoms with Gasteiger partial charge in [-0.3, -0.25) is 14.9 Å². The molecule has 2 N–H and O–H groups in total. The minimum absolute atomic E-state index is 0.0137. The molecule has 0 unspecified atom stereocenters. The van der Waals surface area contributed by atoms with E-state index in [1.807, 2.05) is 0 Å². The van der Waals surface area contributed by atoms with Gasteiger partial charge >= 0.3 is 6.18 Å². The Labute approximate surface area is 195 Å². The smallest absolute Gasteiger partial charge is 0.324 e. The minimum atomic E-state index is -4.55. The van der Waals surface area contributed by atoms with Crippen LogP contribution in [0.1, 0.15) is 15.9 Å². The first-order valence-corrected chi connectivity index (χ1v) is 11.3. The highest BCUT2D eigenvalue weighted by Gasteiger charge is 2.31. The minimum Gasteiger partial charge on any atom is -0.324 e. The van der Waals surface area contributed by atoms with Crippen LogP contribution in [0.3, 0.4) is 0 Å². The van der Waals surface area contributed by atoms with Gasteiger partial charge in [-0.05, 0) is 42.5 Å². The van der Waals surface area contributed by atoms with Crippen LogP contribution in [-0.4, -0.2) is 27.8 Å². The van der Waals surface area contributed by atoms with Crippen LogP contribution < -0.4 is 10.6 Å². The Morgan fingerprint density at radius 3 is 2.48 bits per heavy atom. The normalized spacial score (nSPS) is 11.3. The molecule has 0 aliphatic carbocycles. The maximum absolute atomic E-state index is 12.8. The number of benzene rings is 2. The lowest BCUT2D eigenvalue weighted by molar-refractivity contribution is -0.137. The second kappa shape index (κ2) is 9.98. The molecule has 2 amide bonds. The van der Waals surface area contributed by atoms with E-state index >= 15 is 0 Å². The monoisotopic (exact) mass is 550 g/mol. The van der Waals surface area contributed by atoms with Crippen LogP contribution in [0.5, 0.6) is 0 Å². The van der Waals surface area contributed by atoms with Gasteiger partial charge in [0.05, 0.1) is 22.0 Å². The second-order valence-corrected chi connectivity index (χ2v) is 9.39. The summed E-state index contributed by atoms with van der Waals surface area (Å²) in [5.41, 5.74) is -0.623. The summed E-state index contributed by atoms with van der Waals surface area (Å²) in [7, 11) is 0. The number of carbonyl (C=O) groups is 2. The van der Waals surface area contributed by atoms with Crippen LogP contribution in [0.25, 0.3) is 0 Å². The molecule has 1 heterocycles. The lowest BCUT2D eigenvalue weighted by Crippen LogP contribution is -2.15. The number of carbonyl (C=O) groups excluding carboxylic acids is 2. The van der Waals surface area contributed by atoms with Gasteiger partial charge in [0.2, 0.25) is 11.0 Å². The van der Waals surface area contributed by atoms with Gasteiger partial charge in [0.25, 0.3) is 5.91 Å². The number of thioether (sulfide) groups is 1. The molecular formula is C18H11BrClF3N4O2S2. The Balaban J connectivity index is 1.55. The number of halogens is 5. The zero-order valence-corrected chi connectivity index (χ0v) is 19.1. The Hall–Kier alpha value is -2.15. The summed E-state index contributed by atoms with van der Waals surface area (Å²) in [6.45, 7) is 0. The van der Waals surface area contributed by atoms with Crippen molar-refractivity contribution in [1.29, 1.82) is 0 Å². The molecule has 0 radical (unpaired) electrons. The number of alkyl halides is 3. The van der Waals surface area contributed by atoms with Crippen LogP contribution in [0.15, 0.2) is 51.3 Å². The molecule has 3 rings (SSSR count). The molecule has 6 nitrogen and oxygen atoms in total. The Morgan fingerprint density at radius 1 is 1.10 bits per heavy atom. The fourth-order valence-corrected chi connectivity index (χ4v) is 4.18. The number of hydrogen-bond donors (Lipinski definition) is 2. The van der Waals surface area contributed by atoms with Crippen molar-refractivity contribution in [2.24, 2.45) is 0 Å². The second-order valence-electron chi connectivity index (χ2n) is 5.86. The molecule has 2 aromatic carbocycles. The van der Waals surface area contributed by atoms with Crippen molar-refractivity contribution in [2.75, 3.05) is 16.4 Å². The van der Waals surface area contributed by atoms with Gasteiger partial charge in [-0.1, -0.05) is 50.6 Å². The molecule has 0 bridgehead atoms. The fraction of sp³-hybridized carbons (Fsp3) is 0.111. The summed E-state index contributed by atoms with van der Waals surface area (Å²) in [5.74, 6) is -1.07. The largest absolute Gasteiger partial charge is 0.416 e. The first kappa shape index (κ1) is 23.5. The topological polar surface area (TPSA) is 84.0 Å². The van der Waals surface area contributed by atoms with Gasteiger partial charge in [0.1, 0.15) is 0 Å². The fourth-order valence-electron chi connectivity index (χ4n) is 2.20. The number of amides is 2. The molecule has 0 aliphatic heterocycles. The highest BCUT2D eigenvalue weighted by molar-refractivity contribution is 9.10. The van der Waals surface area contributed by atoms with E-state index < -0.39 is 17.6 Å². The lowest BCUT2D eigenvalue weighted by Gasteiger charge is -2.11. The van der Waals surface area contributed by atoms with Crippen molar-refractivity contribution in [3.63, 3.8) is 0 Å². The summed E-state index contributed by atoms with van der Waals surface area (Å²) in [6.07, 6.45) is -4.55. The van der Waals surface area contributed by atoms with E-state index in [4.69, 9.17) is 11.6 Å². The summed E-state index contributed by atoms with van der Waals surface area (Å²) in [6, 6.07) is 9.40. The Kier molecular flexibility index (Phi) is 7.57. The highest BCUT2D eigenvalue weighted by Crippen LogP contribution is 2.34. The van der Waals surface area contributed by atoms with Crippen LogP contribution in [0.2, 0.25) is 5.02 Å². The molecule has 13 heteroatoms. The molecular weight excluding hydrogens is 541 g/mol. The van der Waals surface area contributed by atoms with E-state index in [0.717, 1.165) is 45.8 Å². The summed E-state index contributed by atoms with van der Waals surface area (Å²) < 4.78 is 39.7. The number of hydrogen-bond acceptors (Lipinski definition) is 6. The number of nitrogens with one attached hydrogen (secondary N) is 2. The predicted octanol–water partition coefficient (Wildman–Crippen LogP) is 5.96. The highest BCUT2D eigenvalue weighted by atomic mass is 79.9. The van der Waals surface area contributed by atoms with Crippen molar-refractivity contribution in [3.8, 4) is 0 Å². The lowest BCUT2D eigenvalue weighted by atomic mass is 10.2. The predicted molar refractivity (Wildman–Crippen MR) is 118 cm³/mol. The van der Waals surface area contributed by atoms with Gasteiger partial charge in [0, 0.05) is 10.0 Å². The first-order valence-electron chi connectivity index (χ1n) is 8.31. The number of nitrogens with zero attached hydrogens (tertiary/aromatic N) is 2. The van der Waals surface area contributed by atoms with Crippen molar-refractivity contribution in [1.82, 2.24) is 10.2 Å². The third-order valence-electron chi connectivity index (χ3n) is 3.63. The molecule has 1 aromatic heterocycles. The van der Waals surface area contributed by atoms with Crippen LogP contribution >= 0.6 is 50.6 Å². The van der Waals surface area contributed by atoms with Crippen molar-refractivity contribution in [3.05, 3.63) is 63.1 Å². The molecule has 0 aliphatic rings. The van der Waals surface area contributed by atoms with E-state index in [1.165, 1.54) is 0 Å². The SMILES string of the molecule is O=C(CSc1nnc(NC(=O)c2ccc(Br)cc2)s1)Nc1cc(C(F)(F)F)ccc1Cl. The number of aromatic nitrogens is 2. The standard InChI is InChI=1S/C18H11BrClF3N4O2S2/c19-11-4-1-9(2-5-11)15(29)25-16-26-27-17(31-16)30-8-14(28)24-13-7-10(18(21,22)23)3-6-12(13)20/h1-7H,8H2,(H,24,28)(H,25,26,29). The van der Waals surface area contributed by atoms with Gasteiger partial charge in [-0.2, -0.15) is 13.2 Å². The third kappa shape index (κ3) is 6.66. The van der Waals surface area contributed by atoms with Crippen LogP contribution in [0, 0.1) is 0 Å². The Bertz CT molecular complexity index is 1110. The third-order valence-corrected chi connectivity index (χ3v) is 6.46. The first-order chi connectivity index (χ1) is 14.6. The van der Waals surface area contributed by atoms with Gasteiger partial charge < -0.3 is 5.32 Å². The quantitative estimate of drug-likeness (QED) is 0.292. The molecule has 3 aromatic rings. The van der Waals surface area contributed by atoms with Crippen molar-refractivity contribution < 1.29 is 22.8 Å². The van der Waals surface area contributed by atoms with Crippen LogP contribution in [-0.2, 0) is 11.0 Å². The molecule has 31 heavy (non-hydrogen) atoms. The summed E-state index contributed by atoms with van der Waals surface area (Å²) in [5, 5.41) is 12.9. The Morgan fingerprint density at radius 2 is 1.81 bits per heavy atom. The summed E-state index contributed by atoms with van der Waals surface area (Å²) in [4.78, 5) is 24.3. The average Bonchev–Trinajstić information content (AvgIpc) is 3.15. The van der Waals surface area contributed by atoms with E-state index in [9.17, 15) is 22.8 Å². The van der Waals surface area contributed by atoms with Gasteiger partial charge in [0.15, 0.2) is 4.34 Å². The number of rotatable bonds is 6. The maximum atomic E-state index is 12.8. The zero-order valence-electron chi connectivity index (χ0n) is 15.2. The molecule has 0 atom stereocenters. The number of anilines is 2. The average molecular weight is 552 g/mol. The molecule has 0 saturated heterocycles.